The average molecular weight is 741 g/mol. The van der Waals surface area contributed by atoms with E-state index in [9.17, 15) is 0 Å². The molecule has 2 unspecified atom stereocenters. The topological polar surface area (TPSA) is 3.24 Å². The minimum atomic E-state index is -3.32. The van der Waals surface area contributed by atoms with Crippen LogP contribution in [0.2, 0.25) is 4.25 Å². The van der Waals surface area contributed by atoms with Crippen LogP contribution in [0, 0.1) is 0 Å². The normalized spacial score (nSPS) is 20.5. The van der Waals surface area contributed by atoms with Gasteiger partial charge in [0, 0.05) is 0 Å². The number of hydrogen-bond donors (Lipinski definition) is 0. The Morgan fingerprint density at radius 1 is 0.612 bits per heavy atom. The molecule has 1 fully saturated rings. The van der Waals surface area contributed by atoms with Crippen molar-refractivity contribution < 1.29 is 0 Å². The number of rotatable bonds is 6. The van der Waals surface area contributed by atoms with Gasteiger partial charge in [-0.25, -0.2) is 0 Å². The summed E-state index contributed by atoms with van der Waals surface area (Å²) in [5.74, 6) is 1.42. The molecule has 0 amide bonds. The van der Waals surface area contributed by atoms with Gasteiger partial charge < -0.3 is 0 Å². The van der Waals surface area contributed by atoms with Crippen LogP contribution in [0.25, 0.3) is 0 Å². The van der Waals surface area contributed by atoms with Crippen molar-refractivity contribution in [3.05, 3.63) is 93.5 Å². The van der Waals surface area contributed by atoms with E-state index in [4.69, 9.17) is 0 Å². The van der Waals surface area contributed by atoms with Gasteiger partial charge in [-0.05, 0) is 0 Å². The second kappa shape index (κ2) is 13.7. The van der Waals surface area contributed by atoms with E-state index in [1.54, 1.807) is 20.8 Å². The van der Waals surface area contributed by atoms with Crippen molar-refractivity contribution in [2.45, 2.75) is 169 Å². The molecule has 4 rings (SSSR count). The first kappa shape index (κ1) is 40.1. The van der Waals surface area contributed by atoms with E-state index in [2.05, 4.69) is 190 Å². The van der Waals surface area contributed by atoms with Crippen molar-refractivity contribution in [3.8, 4) is 0 Å². The predicted molar refractivity (Wildman–Crippen MR) is 225 cm³/mol. The van der Waals surface area contributed by atoms with Crippen LogP contribution in [-0.4, -0.2) is 28.5 Å². The van der Waals surface area contributed by atoms with Gasteiger partial charge in [-0.15, -0.1) is 0 Å². The molecule has 0 N–H and O–H groups in total. The first-order chi connectivity index (χ1) is 22.3. The van der Waals surface area contributed by atoms with Crippen LogP contribution < -0.4 is 9.70 Å². The standard InChI is InChI=1S/C46H70GeNP/c1-29(2)33-25-35(30(3)4)39(36(26-33)31(5)6)47(46(16,17)18)42(40(48(47)19)32-23-21-20-22-24-32)49-41-37(44(10,11)12)27-34(43(7,8)9)28-38(41)45(13,14)15/h20-31,40H,1-19H3. The van der Waals surface area contributed by atoms with E-state index in [1.807, 2.05) is 4.13 Å². The second-order valence-corrected chi connectivity index (χ2v) is 31.9. The van der Waals surface area contributed by atoms with Crippen molar-refractivity contribution in [2.24, 2.45) is 0 Å². The first-order valence-corrected chi connectivity index (χ1v) is 24.0. The zero-order valence-corrected chi connectivity index (χ0v) is 37.9. The van der Waals surface area contributed by atoms with Crippen molar-refractivity contribution >= 4 is 35.5 Å². The Bertz CT molecular complexity index is 1620. The third-order valence-corrected chi connectivity index (χ3v) is 26.8. The van der Waals surface area contributed by atoms with Gasteiger partial charge in [0.15, 0.2) is 0 Å². The van der Waals surface area contributed by atoms with E-state index in [0.717, 1.165) is 0 Å². The Morgan fingerprint density at radius 2 is 1.06 bits per heavy atom. The van der Waals surface area contributed by atoms with Gasteiger partial charge in [0.1, 0.15) is 0 Å². The summed E-state index contributed by atoms with van der Waals surface area (Å²) in [4.78, 5) is 0. The molecule has 0 aliphatic carbocycles. The van der Waals surface area contributed by atoms with Gasteiger partial charge in [-0.3, -0.25) is 0 Å². The summed E-state index contributed by atoms with van der Waals surface area (Å²) in [7, 11) is 3.94. The Hall–Kier alpha value is -1.67. The molecular weight excluding hydrogens is 670 g/mol. The molecule has 268 valence electrons. The summed E-state index contributed by atoms with van der Waals surface area (Å²) in [6.07, 6.45) is 0. The van der Waals surface area contributed by atoms with E-state index in [0.29, 0.717) is 23.8 Å². The Labute approximate surface area is 307 Å². The molecule has 3 heteroatoms. The SMILES string of the molecule is CC(C)c1cc(C(C)C)[c]([Ge]2([C](C)(C)C)[C](=Pc3c(C(C)(C)C)cc(C(C)(C)C)cc3C(C)(C)C)C(c3ccccc3)[N]2C)c(C(C)C)c1. The summed E-state index contributed by atoms with van der Waals surface area (Å²) < 4.78 is 6.63. The van der Waals surface area contributed by atoms with E-state index in [-0.39, 0.29) is 20.5 Å². The van der Waals surface area contributed by atoms with E-state index >= 15 is 0 Å². The molecule has 3 aromatic carbocycles. The number of benzene rings is 3. The predicted octanol–water partition coefficient (Wildman–Crippen LogP) is 12.6. The van der Waals surface area contributed by atoms with Gasteiger partial charge in [-0.2, -0.15) is 0 Å². The molecule has 0 spiro atoms. The molecule has 0 radical (unpaired) electrons. The molecule has 1 nitrogen and oxygen atoms in total. The maximum absolute atomic E-state index is 3.32. The molecule has 1 aliphatic rings. The molecule has 0 bridgehead atoms. The maximum atomic E-state index is 2.96. The van der Waals surface area contributed by atoms with Crippen molar-refractivity contribution in [2.75, 3.05) is 7.05 Å². The molecule has 1 aliphatic heterocycles. The van der Waals surface area contributed by atoms with E-state index in [1.165, 1.54) is 36.0 Å². The Morgan fingerprint density at radius 3 is 1.41 bits per heavy atom. The summed E-state index contributed by atoms with van der Waals surface area (Å²) >= 11 is -3.32. The monoisotopic (exact) mass is 741 g/mol. The van der Waals surface area contributed by atoms with Gasteiger partial charge in [0.25, 0.3) is 0 Å². The quantitative estimate of drug-likeness (QED) is 0.180. The zero-order valence-electron chi connectivity index (χ0n) is 34.9. The van der Waals surface area contributed by atoms with E-state index < -0.39 is 13.5 Å². The van der Waals surface area contributed by atoms with Crippen molar-refractivity contribution in [1.29, 1.82) is 0 Å². The van der Waals surface area contributed by atoms with Gasteiger partial charge in [0.05, 0.1) is 0 Å². The fraction of sp³-hybridized carbons (Fsp3) is 0.587. The van der Waals surface area contributed by atoms with Crippen LogP contribution in [-0.2, 0) is 16.2 Å². The molecule has 49 heavy (non-hydrogen) atoms. The summed E-state index contributed by atoms with van der Waals surface area (Å²) in [6, 6.07) is 22.2. The molecule has 2 atom stereocenters. The molecular formula is C46H70GeNP. The summed E-state index contributed by atoms with van der Waals surface area (Å²) in [5, 5.41) is 1.56. The first-order valence-electron chi connectivity index (χ1n) is 19.0. The average Bonchev–Trinajstić information content (AvgIpc) is 2.94. The zero-order chi connectivity index (χ0) is 37.2. The van der Waals surface area contributed by atoms with Crippen LogP contribution in [0.3, 0.4) is 0 Å². The van der Waals surface area contributed by atoms with Gasteiger partial charge in [-0.1, -0.05) is 0 Å². The van der Waals surface area contributed by atoms with Crippen LogP contribution in [0.1, 0.15) is 187 Å². The van der Waals surface area contributed by atoms with Crippen LogP contribution in [0.15, 0.2) is 54.6 Å². The second-order valence-electron chi connectivity index (χ2n) is 20.1. The Kier molecular flexibility index (Phi) is 11.2. The van der Waals surface area contributed by atoms with Crippen LogP contribution >= 0.6 is 8.20 Å². The minimum absolute atomic E-state index is 0.0184. The Balaban J connectivity index is 2.31. The molecule has 3 aromatic rings. The van der Waals surface area contributed by atoms with Crippen molar-refractivity contribution in [3.63, 3.8) is 0 Å². The van der Waals surface area contributed by atoms with Crippen LogP contribution in [0.4, 0.5) is 0 Å². The molecule has 1 heterocycles. The number of nitrogens with zero attached hydrogens (tertiary/aromatic N) is 1. The molecule has 0 aromatic heterocycles. The van der Waals surface area contributed by atoms with Crippen molar-refractivity contribution in [1.82, 2.24) is 3.86 Å². The number of hydrogen-bond acceptors (Lipinski definition) is 1. The van der Waals surface area contributed by atoms with Crippen LogP contribution in [0.5, 0.6) is 0 Å². The fourth-order valence-corrected chi connectivity index (χ4v) is 28.5. The summed E-state index contributed by atoms with van der Waals surface area (Å²) in [5.41, 5.74) is 10.7. The third kappa shape index (κ3) is 7.35. The summed E-state index contributed by atoms with van der Waals surface area (Å²) in [6.45, 7) is 44.0. The van der Waals surface area contributed by atoms with Gasteiger partial charge in [0.2, 0.25) is 0 Å². The molecule has 1 saturated heterocycles. The van der Waals surface area contributed by atoms with Gasteiger partial charge >= 0.3 is 309 Å². The molecule has 0 saturated carbocycles. The third-order valence-electron chi connectivity index (χ3n) is 11.1. The fourth-order valence-electron chi connectivity index (χ4n) is 8.27.